The molecule has 8 heteroatoms. The van der Waals surface area contributed by atoms with E-state index in [1.807, 2.05) is 13.0 Å². The molecule has 0 bridgehead atoms. The molecule has 0 fully saturated rings. The molecule has 1 aliphatic heterocycles. The smallest absolute Gasteiger partial charge is 0.407 e. The number of amides is 1. The molecule has 1 unspecified atom stereocenters. The van der Waals surface area contributed by atoms with Crippen LogP contribution in [0.2, 0.25) is 0 Å². The number of fused-ring (bicyclic) bond motifs is 2. The number of nitrogens with two attached hydrogens (primary N) is 1. The minimum Gasteiger partial charge on any atom is -0.465 e. The first kappa shape index (κ1) is 14.4. The topological polar surface area (TPSA) is 92.3 Å². The molecule has 1 aliphatic rings. The van der Waals surface area contributed by atoms with Gasteiger partial charge in [0.25, 0.3) is 0 Å². The summed E-state index contributed by atoms with van der Waals surface area (Å²) < 4.78 is 1.07. The van der Waals surface area contributed by atoms with Gasteiger partial charge >= 0.3 is 6.09 Å². The van der Waals surface area contributed by atoms with Crippen LogP contribution in [0.15, 0.2) is 18.5 Å². The number of nitrogen functional groups attached to an aromatic ring is 1. The van der Waals surface area contributed by atoms with Crippen molar-refractivity contribution < 1.29 is 9.90 Å². The molecule has 0 saturated carbocycles. The zero-order chi connectivity index (χ0) is 16.1. The van der Waals surface area contributed by atoms with Crippen LogP contribution in [0.25, 0.3) is 20.8 Å². The van der Waals surface area contributed by atoms with Gasteiger partial charge in [0.15, 0.2) is 0 Å². The lowest BCUT2D eigenvalue weighted by molar-refractivity contribution is 0.120. The molecule has 0 aromatic carbocycles. The molecule has 4 rings (SSSR count). The van der Waals surface area contributed by atoms with Gasteiger partial charge in [-0.25, -0.2) is 9.78 Å². The summed E-state index contributed by atoms with van der Waals surface area (Å²) in [7, 11) is 0. The highest BCUT2D eigenvalue weighted by Crippen LogP contribution is 2.44. The van der Waals surface area contributed by atoms with E-state index in [0.717, 1.165) is 31.2 Å². The summed E-state index contributed by atoms with van der Waals surface area (Å²) in [4.78, 5) is 22.6. The standard InChI is InChI=1S/C15H14N4O2S2/c1-7-4-8-11(6-19(7)15(20)21)22-13(16)12(8)14-18-9-5-17-3-2-10(9)23-14/h2-3,5,7H,4,6,16H2,1H3,(H,20,21). The highest BCUT2D eigenvalue weighted by Gasteiger charge is 2.32. The lowest BCUT2D eigenvalue weighted by atomic mass is 9.98. The normalized spacial score (nSPS) is 17.4. The molecule has 1 amide bonds. The summed E-state index contributed by atoms with van der Waals surface area (Å²) >= 11 is 3.06. The Kier molecular flexibility index (Phi) is 3.24. The SMILES string of the molecule is CC1Cc2c(sc(N)c2-c2nc3cnccc3s2)CN1C(=O)O. The maximum atomic E-state index is 11.3. The molecule has 0 radical (unpaired) electrons. The van der Waals surface area contributed by atoms with Gasteiger partial charge in [-0.1, -0.05) is 0 Å². The van der Waals surface area contributed by atoms with Crippen molar-refractivity contribution >= 4 is 44.0 Å². The van der Waals surface area contributed by atoms with Crippen LogP contribution in [-0.2, 0) is 13.0 Å². The fraction of sp³-hybridized carbons (Fsp3) is 0.267. The van der Waals surface area contributed by atoms with Crippen molar-refractivity contribution in [3.8, 4) is 10.6 Å². The second kappa shape index (κ2) is 5.17. The maximum absolute atomic E-state index is 11.3. The van der Waals surface area contributed by atoms with Crippen LogP contribution < -0.4 is 5.73 Å². The number of thiazole rings is 1. The second-order valence-corrected chi connectivity index (χ2v) is 7.74. The van der Waals surface area contributed by atoms with Crippen molar-refractivity contribution in [1.29, 1.82) is 0 Å². The Hall–Kier alpha value is -2.19. The quantitative estimate of drug-likeness (QED) is 0.704. The van der Waals surface area contributed by atoms with E-state index in [1.165, 1.54) is 16.2 Å². The largest absolute Gasteiger partial charge is 0.465 e. The van der Waals surface area contributed by atoms with Gasteiger partial charge in [-0.2, -0.15) is 0 Å². The zero-order valence-corrected chi connectivity index (χ0v) is 13.9. The van der Waals surface area contributed by atoms with Crippen molar-refractivity contribution in [2.24, 2.45) is 0 Å². The van der Waals surface area contributed by atoms with Crippen LogP contribution >= 0.6 is 22.7 Å². The van der Waals surface area contributed by atoms with Gasteiger partial charge in [-0.05, 0) is 25.0 Å². The first-order valence-electron chi connectivity index (χ1n) is 7.15. The number of hydrogen-bond donors (Lipinski definition) is 2. The number of anilines is 1. The van der Waals surface area contributed by atoms with Crippen LogP contribution in [0.1, 0.15) is 17.4 Å². The molecular weight excluding hydrogens is 332 g/mol. The van der Waals surface area contributed by atoms with E-state index in [2.05, 4.69) is 9.97 Å². The van der Waals surface area contributed by atoms with Crippen molar-refractivity contribution in [3.63, 3.8) is 0 Å². The Morgan fingerprint density at radius 2 is 2.30 bits per heavy atom. The van der Waals surface area contributed by atoms with E-state index in [1.54, 1.807) is 23.7 Å². The first-order chi connectivity index (χ1) is 11.0. The minimum absolute atomic E-state index is 0.0659. The lowest BCUT2D eigenvalue weighted by Crippen LogP contribution is -2.41. The Labute approximate surface area is 140 Å². The predicted molar refractivity (Wildman–Crippen MR) is 91.9 cm³/mol. The van der Waals surface area contributed by atoms with Crippen LogP contribution in [0.5, 0.6) is 0 Å². The molecule has 1 atom stereocenters. The van der Waals surface area contributed by atoms with Crippen molar-refractivity contribution in [1.82, 2.24) is 14.9 Å². The monoisotopic (exact) mass is 346 g/mol. The fourth-order valence-electron chi connectivity index (χ4n) is 2.97. The molecule has 3 aromatic rings. The highest BCUT2D eigenvalue weighted by molar-refractivity contribution is 7.22. The van der Waals surface area contributed by atoms with Crippen LogP contribution in [0, 0.1) is 0 Å². The van der Waals surface area contributed by atoms with Gasteiger partial charge in [-0.15, -0.1) is 22.7 Å². The van der Waals surface area contributed by atoms with Crippen molar-refractivity contribution in [3.05, 3.63) is 28.9 Å². The number of carbonyl (C=O) groups is 1. The lowest BCUT2D eigenvalue weighted by Gasteiger charge is -2.31. The van der Waals surface area contributed by atoms with E-state index >= 15 is 0 Å². The summed E-state index contributed by atoms with van der Waals surface area (Å²) in [5.41, 5.74) is 9.23. The summed E-state index contributed by atoms with van der Waals surface area (Å²) in [6.45, 7) is 2.32. The Morgan fingerprint density at radius 3 is 3.04 bits per heavy atom. The van der Waals surface area contributed by atoms with Gasteiger partial charge in [0.2, 0.25) is 0 Å². The molecular formula is C15H14N4O2S2. The van der Waals surface area contributed by atoms with Gasteiger partial charge in [-0.3, -0.25) is 4.98 Å². The Balaban J connectivity index is 1.83. The minimum atomic E-state index is -0.886. The number of aromatic nitrogens is 2. The molecule has 118 valence electrons. The number of nitrogens with zero attached hydrogens (tertiary/aromatic N) is 3. The predicted octanol–water partition coefficient (Wildman–Crippen LogP) is 3.43. The first-order valence-corrected chi connectivity index (χ1v) is 8.78. The van der Waals surface area contributed by atoms with E-state index in [9.17, 15) is 9.90 Å². The van der Waals surface area contributed by atoms with Crippen molar-refractivity contribution in [2.45, 2.75) is 25.9 Å². The molecule has 3 N–H and O–H groups in total. The van der Waals surface area contributed by atoms with Gasteiger partial charge in [0.05, 0.1) is 22.4 Å². The number of pyridine rings is 1. The number of hydrogen-bond acceptors (Lipinski definition) is 6. The summed E-state index contributed by atoms with van der Waals surface area (Å²) in [5, 5.41) is 10.9. The van der Waals surface area contributed by atoms with Crippen LogP contribution in [0.4, 0.5) is 9.80 Å². The number of thiophene rings is 1. The average Bonchev–Trinajstić information content (AvgIpc) is 3.05. The van der Waals surface area contributed by atoms with Gasteiger partial charge < -0.3 is 15.7 Å². The van der Waals surface area contributed by atoms with E-state index in [4.69, 9.17) is 5.73 Å². The van der Waals surface area contributed by atoms with E-state index in [0.29, 0.717) is 18.0 Å². The molecule has 0 aliphatic carbocycles. The molecule has 6 nitrogen and oxygen atoms in total. The number of carboxylic acid groups (broad SMARTS) is 1. The summed E-state index contributed by atoms with van der Waals surface area (Å²) in [6, 6.07) is 1.88. The average molecular weight is 346 g/mol. The third kappa shape index (κ3) is 2.25. The van der Waals surface area contributed by atoms with Gasteiger partial charge in [0, 0.05) is 22.7 Å². The fourth-order valence-corrected chi connectivity index (χ4v) is 5.15. The molecule has 4 heterocycles. The second-order valence-electron chi connectivity index (χ2n) is 5.57. The zero-order valence-electron chi connectivity index (χ0n) is 12.3. The van der Waals surface area contributed by atoms with E-state index < -0.39 is 6.09 Å². The van der Waals surface area contributed by atoms with Crippen molar-refractivity contribution in [2.75, 3.05) is 5.73 Å². The van der Waals surface area contributed by atoms with Gasteiger partial charge in [0.1, 0.15) is 10.5 Å². The summed E-state index contributed by atoms with van der Waals surface area (Å²) in [5.74, 6) is 0. The van der Waals surface area contributed by atoms with E-state index in [-0.39, 0.29) is 6.04 Å². The summed E-state index contributed by atoms with van der Waals surface area (Å²) in [6.07, 6.45) is 3.28. The number of rotatable bonds is 1. The molecule has 0 saturated heterocycles. The molecule has 0 spiro atoms. The Bertz CT molecular complexity index is 884. The third-order valence-electron chi connectivity index (χ3n) is 4.11. The third-order valence-corrected chi connectivity index (χ3v) is 6.21. The van der Waals surface area contributed by atoms with Crippen LogP contribution in [0.3, 0.4) is 0 Å². The molecule has 3 aromatic heterocycles. The maximum Gasteiger partial charge on any atom is 0.407 e. The highest BCUT2D eigenvalue weighted by atomic mass is 32.1. The molecule has 23 heavy (non-hydrogen) atoms. The van der Waals surface area contributed by atoms with Crippen LogP contribution in [-0.4, -0.2) is 32.1 Å². The Morgan fingerprint density at radius 1 is 1.48 bits per heavy atom.